The van der Waals surface area contributed by atoms with Crippen LogP contribution in [0, 0.1) is 6.92 Å². The van der Waals surface area contributed by atoms with Crippen molar-refractivity contribution in [3.63, 3.8) is 0 Å². The van der Waals surface area contributed by atoms with E-state index < -0.39 is 0 Å². The molecular formula is C14H23NO2. The molecule has 0 fully saturated rings. The molecule has 0 radical (unpaired) electrons. The van der Waals surface area contributed by atoms with E-state index in [1.807, 2.05) is 0 Å². The molecule has 0 aliphatic rings. The molecule has 0 heterocycles. The molecule has 0 unspecified atom stereocenters. The van der Waals surface area contributed by atoms with Crippen molar-refractivity contribution >= 4 is 0 Å². The molecule has 3 heteroatoms. The van der Waals surface area contributed by atoms with Gasteiger partial charge in [0.25, 0.3) is 0 Å². The summed E-state index contributed by atoms with van der Waals surface area (Å²) in [6.45, 7) is 6.46. The third-order valence-corrected chi connectivity index (χ3v) is 2.75. The average Bonchev–Trinajstić information content (AvgIpc) is 2.35. The molecule has 3 nitrogen and oxygen atoms in total. The highest BCUT2D eigenvalue weighted by atomic mass is 16.5. The zero-order valence-electron chi connectivity index (χ0n) is 11.1. The maximum absolute atomic E-state index is 5.13. The maximum Gasteiger partial charge on any atom is 0.0589 e. The first-order chi connectivity index (χ1) is 8.26. The summed E-state index contributed by atoms with van der Waals surface area (Å²) < 4.78 is 10.3. The van der Waals surface area contributed by atoms with Crippen LogP contribution in [0.4, 0.5) is 0 Å². The third kappa shape index (κ3) is 5.82. The van der Waals surface area contributed by atoms with Gasteiger partial charge in [0.2, 0.25) is 0 Å². The summed E-state index contributed by atoms with van der Waals surface area (Å²) in [6.07, 6.45) is 0. The fraction of sp³-hybridized carbons (Fsp3) is 0.571. The number of nitrogens with zero attached hydrogens (tertiary/aromatic N) is 1. The summed E-state index contributed by atoms with van der Waals surface area (Å²) in [5.74, 6) is 0. The van der Waals surface area contributed by atoms with Crippen LogP contribution in [0.25, 0.3) is 0 Å². The van der Waals surface area contributed by atoms with E-state index in [0.717, 1.165) is 32.8 Å². The highest BCUT2D eigenvalue weighted by Gasteiger charge is 2.05. The van der Waals surface area contributed by atoms with E-state index in [2.05, 4.69) is 36.1 Å². The molecule has 1 rings (SSSR count). The fourth-order valence-corrected chi connectivity index (χ4v) is 1.66. The zero-order valence-corrected chi connectivity index (χ0v) is 11.1. The zero-order chi connectivity index (χ0) is 12.5. The van der Waals surface area contributed by atoms with Crippen LogP contribution >= 0.6 is 0 Å². The SMILES string of the molecule is COCCN(CCOC)Cc1ccc(C)cc1. The van der Waals surface area contributed by atoms with Gasteiger partial charge in [0.15, 0.2) is 0 Å². The Kier molecular flexibility index (Phi) is 6.86. The van der Waals surface area contributed by atoms with E-state index in [1.54, 1.807) is 14.2 Å². The van der Waals surface area contributed by atoms with Crippen LogP contribution in [0.5, 0.6) is 0 Å². The summed E-state index contributed by atoms with van der Waals surface area (Å²) in [4.78, 5) is 2.34. The summed E-state index contributed by atoms with van der Waals surface area (Å²) in [6, 6.07) is 8.67. The number of ether oxygens (including phenoxy) is 2. The Bertz CT molecular complexity index is 290. The van der Waals surface area contributed by atoms with Gasteiger partial charge in [-0.3, -0.25) is 4.90 Å². The van der Waals surface area contributed by atoms with Gasteiger partial charge in [0.05, 0.1) is 13.2 Å². The lowest BCUT2D eigenvalue weighted by atomic mass is 10.1. The predicted octanol–water partition coefficient (Wildman–Crippen LogP) is 2.09. The Hall–Kier alpha value is -0.900. The second-order valence-electron chi connectivity index (χ2n) is 4.25. The van der Waals surface area contributed by atoms with Gasteiger partial charge in [-0.05, 0) is 12.5 Å². The number of hydrogen-bond acceptors (Lipinski definition) is 3. The second-order valence-corrected chi connectivity index (χ2v) is 4.25. The molecule has 0 amide bonds. The van der Waals surface area contributed by atoms with E-state index in [-0.39, 0.29) is 0 Å². The molecule has 17 heavy (non-hydrogen) atoms. The lowest BCUT2D eigenvalue weighted by Gasteiger charge is -2.21. The van der Waals surface area contributed by atoms with Gasteiger partial charge in [-0.1, -0.05) is 29.8 Å². The smallest absolute Gasteiger partial charge is 0.0589 e. The Morgan fingerprint density at radius 2 is 1.47 bits per heavy atom. The van der Waals surface area contributed by atoms with Gasteiger partial charge in [-0.25, -0.2) is 0 Å². The number of rotatable bonds is 8. The Morgan fingerprint density at radius 1 is 0.941 bits per heavy atom. The van der Waals surface area contributed by atoms with Gasteiger partial charge in [-0.15, -0.1) is 0 Å². The normalized spacial score (nSPS) is 11.1. The molecule has 0 aliphatic heterocycles. The highest BCUT2D eigenvalue weighted by molar-refractivity contribution is 5.21. The highest BCUT2D eigenvalue weighted by Crippen LogP contribution is 2.06. The van der Waals surface area contributed by atoms with Crippen LogP contribution < -0.4 is 0 Å². The van der Waals surface area contributed by atoms with Crippen LogP contribution in [0.1, 0.15) is 11.1 Å². The van der Waals surface area contributed by atoms with Gasteiger partial charge in [-0.2, -0.15) is 0 Å². The lowest BCUT2D eigenvalue weighted by molar-refractivity contribution is 0.110. The van der Waals surface area contributed by atoms with E-state index in [4.69, 9.17) is 9.47 Å². The van der Waals surface area contributed by atoms with Gasteiger partial charge in [0.1, 0.15) is 0 Å². The Balaban J connectivity index is 2.48. The van der Waals surface area contributed by atoms with Crippen molar-refractivity contribution in [3.8, 4) is 0 Å². The van der Waals surface area contributed by atoms with E-state index in [0.29, 0.717) is 0 Å². The largest absolute Gasteiger partial charge is 0.383 e. The molecule has 0 bridgehead atoms. The summed E-state index contributed by atoms with van der Waals surface area (Å²) in [5.41, 5.74) is 2.64. The van der Waals surface area contributed by atoms with Crippen molar-refractivity contribution in [2.24, 2.45) is 0 Å². The Labute approximate surface area is 104 Å². The summed E-state index contributed by atoms with van der Waals surface area (Å²) in [5, 5.41) is 0. The first-order valence-electron chi connectivity index (χ1n) is 6.02. The Morgan fingerprint density at radius 3 is 1.94 bits per heavy atom. The minimum atomic E-state index is 0.759. The van der Waals surface area contributed by atoms with E-state index >= 15 is 0 Å². The minimum Gasteiger partial charge on any atom is -0.383 e. The predicted molar refractivity (Wildman–Crippen MR) is 70.2 cm³/mol. The summed E-state index contributed by atoms with van der Waals surface area (Å²) in [7, 11) is 3.47. The van der Waals surface area contributed by atoms with Crippen molar-refractivity contribution in [1.82, 2.24) is 4.90 Å². The quantitative estimate of drug-likeness (QED) is 0.691. The van der Waals surface area contributed by atoms with Crippen LogP contribution in [-0.4, -0.2) is 45.4 Å². The van der Waals surface area contributed by atoms with Crippen LogP contribution in [0.3, 0.4) is 0 Å². The first kappa shape index (κ1) is 14.2. The first-order valence-corrected chi connectivity index (χ1v) is 6.02. The van der Waals surface area contributed by atoms with Crippen molar-refractivity contribution in [2.45, 2.75) is 13.5 Å². The molecule has 96 valence electrons. The molecule has 0 spiro atoms. The van der Waals surface area contributed by atoms with Gasteiger partial charge in [0, 0.05) is 33.9 Å². The van der Waals surface area contributed by atoms with E-state index in [9.17, 15) is 0 Å². The van der Waals surface area contributed by atoms with Crippen LogP contribution in [0.15, 0.2) is 24.3 Å². The van der Waals surface area contributed by atoms with Gasteiger partial charge < -0.3 is 9.47 Å². The average molecular weight is 237 g/mol. The van der Waals surface area contributed by atoms with Crippen LogP contribution in [-0.2, 0) is 16.0 Å². The van der Waals surface area contributed by atoms with E-state index in [1.165, 1.54) is 11.1 Å². The van der Waals surface area contributed by atoms with Crippen molar-refractivity contribution in [2.75, 3.05) is 40.5 Å². The number of benzene rings is 1. The fourth-order valence-electron chi connectivity index (χ4n) is 1.66. The molecule has 0 aliphatic carbocycles. The van der Waals surface area contributed by atoms with Gasteiger partial charge >= 0.3 is 0 Å². The topological polar surface area (TPSA) is 21.7 Å². The molecule has 1 aromatic rings. The van der Waals surface area contributed by atoms with Crippen LogP contribution in [0.2, 0.25) is 0 Å². The molecule has 1 aromatic carbocycles. The number of hydrogen-bond donors (Lipinski definition) is 0. The third-order valence-electron chi connectivity index (χ3n) is 2.75. The van der Waals surface area contributed by atoms with Crippen molar-refractivity contribution in [1.29, 1.82) is 0 Å². The minimum absolute atomic E-state index is 0.759. The maximum atomic E-state index is 5.13. The molecule has 0 saturated heterocycles. The molecule has 0 atom stereocenters. The van der Waals surface area contributed by atoms with Crippen molar-refractivity contribution < 1.29 is 9.47 Å². The monoisotopic (exact) mass is 237 g/mol. The molecule has 0 N–H and O–H groups in total. The number of aryl methyl sites for hydroxylation is 1. The standard InChI is InChI=1S/C14H23NO2/c1-13-4-6-14(7-5-13)12-15(8-10-16-2)9-11-17-3/h4-7H,8-12H2,1-3H3. The lowest BCUT2D eigenvalue weighted by Crippen LogP contribution is -2.30. The molecule has 0 saturated carbocycles. The van der Waals surface area contributed by atoms with Crippen molar-refractivity contribution in [3.05, 3.63) is 35.4 Å². The second kappa shape index (κ2) is 8.23. The molecular weight excluding hydrogens is 214 g/mol. The number of methoxy groups -OCH3 is 2. The molecule has 0 aromatic heterocycles. The summed E-state index contributed by atoms with van der Waals surface area (Å²) >= 11 is 0.